The van der Waals surface area contributed by atoms with E-state index in [4.69, 9.17) is 4.74 Å². The number of ketones is 1. The third-order valence-electron chi connectivity index (χ3n) is 15.4. The van der Waals surface area contributed by atoms with Crippen LogP contribution in [0.5, 0.6) is 0 Å². The SMILES string of the molecule is CC[C@H](C)[C@@]1(C)C(=O)N[C@H](C(=O)N2CCCCC2)CSCC(=O)N(C)[C@@H](Cc2ccccc2)C(=O)N(C)[C@@H](CC(C)C)C(=O)C[C@@H]([C@@H](C)O)C(=O)N(C)CC(=O)N(C)[C@@H](CC(C)C)C(=O)N[C@@H](COC(C)(C)C)C(=O)N1C. The summed E-state index contributed by atoms with van der Waals surface area (Å²) in [5.74, 6) is -7.41. The number of Topliss-reactive ketones (excluding diaryl/α,β-unsaturated/α-hetero) is 1. The summed E-state index contributed by atoms with van der Waals surface area (Å²) in [5.41, 5.74) is -1.63. The van der Waals surface area contributed by atoms with E-state index in [9.17, 15) is 38.7 Å². The second kappa shape index (κ2) is 29.8. The zero-order valence-electron chi connectivity index (χ0n) is 49.2. The maximum absolute atomic E-state index is 15.1. The normalized spacial score (nSPS) is 26.5. The van der Waals surface area contributed by atoms with Gasteiger partial charge in [0.05, 0.1) is 42.6 Å². The van der Waals surface area contributed by atoms with E-state index in [1.54, 1.807) is 32.6 Å². The number of piperidine rings is 1. The first kappa shape index (κ1) is 66.2. The quantitative estimate of drug-likeness (QED) is 0.270. The van der Waals surface area contributed by atoms with Gasteiger partial charge in [0.25, 0.3) is 0 Å². The van der Waals surface area contributed by atoms with Crippen molar-refractivity contribution >= 4 is 64.8 Å². The van der Waals surface area contributed by atoms with Crippen molar-refractivity contribution in [1.82, 2.24) is 40.0 Å². The Morgan fingerprint density at radius 1 is 0.766 bits per heavy atom. The maximum Gasteiger partial charge on any atom is 0.248 e. The number of nitrogens with zero attached hydrogens (tertiary/aromatic N) is 6. The summed E-state index contributed by atoms with van der Waals surface area (Å²) in [5, 5.41) is 17.0. The third-order valence-corrected chi connectivity index (χ3v) is 16.4. The molecule has 0 bridgehead atoms. The van der Waals surface area contributed by atoms with Gasteiger partial charge in [-0.05, 0) is 90.0 Å². The predicted octanol–water partition coefficient (Wildman–Crippen LogP) is 4.02. The van der Waals surface area contributed by atoms with Gasteiger partial charge >= 0.3 is 0 Å². The van der Waals surface area contributed by atoms with E-state index in [0.29, 0.717) is 19.5 Å². The van der Waals surface area contributed by atoms with Crippen LogP contribution in [0.2, 0.25) is 0 Å². The molecular weight excluding hydrogens is 1000 g/mol. The minimum absolute atomic E-state index is 0.0308. The first-order chi connectivity index (χ1) is 35.9. The van der Waals surface area contributed by atoms with Gasteiger partial charge in [0.2, 0.25) is 47.3 Å². The van der Waals surface area contributed by atoms with Crippen LogP contribution >= 0.6 is 11.8 Å². The number of aliphatic hydroxyl groups excluding tert-OH is 1. The first-order valence-electron chi connectivity index (χ1n) is 27.5. The highest BCUT2D eigenvalue weighted by atomic mass is 32.2. The van der Waals surface area contributed by atoms with Crippen LogP contribution in [-0.4, -0.2) is 208 Å². The molecular formula is C57H94N8O11S. The number of benzene rings is 1. The molecule has 3 rings (SSSR count). The van der Waals surface area contributed by atoms with Crippen LogP contribution in [-0.2, 0) is 54.3 Å². The van der Waals surface area contributed by atoms with Crippen LogP contribution < -0.4 is 10.6 Å². The fraction of sp³-hybridized carbons (Fsp3) is 0.737. The number of hydrogen-bond acceptors (Lipinski definition) is 12. The van der Waals surface area contributed by atoms with Crippen molar-refractivity contribution in [3.05, 3.63) is 35.9 Å². The van der Waals surface area contributed by atoms with Crippen LogP contribution in [0.15, 0.2) is 30.3 Å². The summed E-state index contributed by atoms with van der Waals surface area (Å²) in [6.45, 7) is 19.7. The topological polar surface area (TPSA) is 227 Å². The minimum atomic E-state index is -1.61. The van der Waals surface area contributed by atoms with Gasteiger partial charge in [-0.3, -0.25) is 43.2 Å². The number of nitrogens with one attached hydrogen (secondary N) is 2. The third kappa shape index (κ3) is 18.5. The molecule has 434 valence electrons. The number of ether oxygens (including phenoxy) is 1. The van der Waals surface area contributed by atoms with E-state index in [2.05, 4.69) is 10.6 Å². The van der Waals surface area contributed by atoms with Crippen LogP contribution in [0, 0.1) is 23.7 Å². The molecule has 20 heteroatoms. The van der Waals surface area contributed by atoms with E-state index >= 15 is 9.59 Å². The molecule has 19 nitrogen and oxygen atoms in total. The fourth-order valence-corrected chi connectivity index (χ4v) is 10.8. The zero-order valence-corrected chi connectivity index (χ0v) is 50.0. The highest BCUT2D eigenvalue weighted by molar-refractivity contribution is 8.00. The lowest BCUT2D eigenvalue weighted by molar-refractivity contribution is -0.154. The Kier molecular flexibility index (Phi) is 25.6. The fourth-order valence-electron chi connectivity index (χ4n) is 9.82. The van der Waals surface area contributed by atoms with E-state index in [0.717, 1.165) is 41.5 Å². The average Bonchev–Trinajstić information content (AvgIpc) is 3.38. The number of hydrogen-bond donors (Lipinski definition) is 3. The Balaban J connectivity index is 2.29. The minimum Gasteiger partial charge on any atom is -0.393 e. The van der Waals surface area contributed by atoms with Crippen LogP contribution in [0.4, 0.5) is 0 Å². The molecule has 8 amide bonds. The first-order valence-corrected chi connectivity index (χ1v) is 28.7. The lowest BCUT2D eigenvalue weighted by Crippen LogP contribution is -2.67. The highest BCUT2D eigenvalue weighted by Crippen LogP contribution is 2.30. The number of thioether (sulfide) groups is 1. The monoisotopic (exact) mass is 1100 g/mol. The average molecular weight is 1100 g/mol. The molecule has 0 spiro atoms. The van der Waals surface area contributed by atoms with Crippen LogP contribution in [0.3, 0.4) is 0 Å². The molecule has 0 aromatic heterocycles. The summed E-state index contributed by atoms with van der Waals surface area (Å²) < 4.78 is 6.14. The smallest absolute Gasteiger partial charge is 0.248 e. The number of carbonyl (C=O) groups is 9. The number of likely N-dealkylation sites (tertiary alicyclic amines) is 1. The van der Waals surface area contributed by atoms with Crippen molar-refractivity contribution in [3.8, 4) is 0 Å². The molecule has 0 saturated carbocycles. The molecule has 0 aliphatic carbocycles. The molecule has 1 aromatic carbocycles. The van der Waals surface area contributed by atoms with Crippen molar-refractivity contribution in [2.45, 2.75) is 175 Å². The lowest BCUT2D eigenvalue weighted by Gasteiger charge is -2.44. The number of rotatable bonds is 12. The highest BCUT2D eigenvalue weighted by Gasteiger charge is 2.48. The van der Waals surface area contributed by atoms with Crippen molar-refractivity contribution < 1.29 is 53.0 Å². The maximum atomic E-state index is 15.1. The molecule has 0 radical (unpaired) electrons. The Labute approximate surface area is 463 Å². The van der Waals surface area contributed by atoms with E-state index in [1.807, 2.05) is 71.9 Å². The predicted molar refractivity (Wildman–Crippen MR) is 299 cm³/mol. The van der Waals surface area contributed by atoms with Gasteiger partial charge in [-0.25, -0.2) is 0 Å². The van der Waals surface area contributed by atoms with Gasteiger partial charge in [0.1, 0.15) is 29.7 Å². The summed E-state index contributed by atoms with van der Waals surface area (Å²) in [4.78, 5) is 140. The van der Waals surface area contributed by atoms with Gasteiger partial charge in [-0.1, -0.05) is 78.3 Å². The number of aliphatic hydroxyl groups is 1. The number of carbonyl (C=O) groups excluding carboxylic acids is 9. The van der Waals surface area contributed by atoms with Crippen LogP contribution in [0.1, 0.15) is 127 Å². The van der Waals surface area contributed by atoms with Crippen molar-refractivity contribution in [1.29, 1.82) is 0 Å². The van der Waals surface area contributed by atoms with Gasteiger partial charge in [0, 0.05) is 66.9 Å². The Morgan fingerprint density at radius 3 is 1.88 bits per heavy atom. The summed E-state index contributed by atoms with van der Waals surface area (Å²) in [7, 11) is 7.29. The molecule has 3 N–H and O–H groups in total. The molecule has 0 unspecified atom stereocenters. The molecule has 2 saturated heterocycles. The Bertz CT molecular complexity index is 2180. The van der Waals surface area contributed by atoms with Gasteiger partial charge in [0.15, 0.2) is 5.78 Å². The number of amides is 8. The van der Waals surface area contributed by atoms with Gasteiger partial charge < -0.3 is 49.9 Å². The standard InChI is InChI=1S/C57H94N8O11S/c1-17-38(6)57(11)55(75)59-43(53(73)65-26-22-19-23-27-65)34-77-35-49(69)62(14)46(30-40-24-20-18-21-25-40)54(74)63(15)44(28-36(2)3)47(67)31-41(39(7)66)51(71)60(12)32-48(68)61(13)45(29-37(4)5)50(70)58-42(52(72)64(57)16)33-76-56(8,9)10/h18,20-21,24-25,36-39,41-46,66H,17,19,22-23,26-35H2,1-16H3,(H,58,70)(H,59,75)/t38-,39+,41-,42-,43-,44-,45-,46-,57-/m0/s1. The Morgan fingerprint density at radius 2 is 1.34 bits per heavy atom. The molecule has 77 heavy (non-hydrogen) atoms. The van der Waals surface area contributed by atoms with Gasteiger partial charge in [-0.15, -0.1) is 11.8 Å². The summed E-state index contributed by atoms with van der Waals surface area (Å²) >= 11 is 1.12. The second-order valence-corrected chi connectivity index (χ2v) is 24.5. The molecule has 2 heterocycles. The second-order valence-electron chi connectivity index (χ2n) is 23.4. The molecule has 1 aromatic rings. The van der Waals surface area contributed by atoms with E-state index in [-0.39, 0.29) is 55.1 Å². The van der Waals surface area contributed by atoms with Crippen molar-refractivity contribution in [3.63, 3.8) is 0 Å². The Hall–Kier alpha value is -5.08. The van der Waals surface area contributed by atoms with Crippen LogP contribution in [0.25, 0.3) is 0 Å². The molecule has 2 aliphatic heterocycles. The number of likely N-dealkylation sites (N-methyl/N-ethyl adjacent to an activating group) is 5. The van der Waals surface area contributed by atoms with E-state index in [1.165, 1.54) is 61.8 Å². The molecule has 2 fully saturated rings. The van der Waals surface area contributed by atoms with Gasteiger partial charge in [-0.2, -0.15) is 0 Å². The summed E-state index contributed by atoms with van der Waals surface area (Å²) in [6.07, 6.45) is 1.56. The molecule has 2 aliphatic rings. The molecule has 9 atom stereocenters. The summed E-state index contributed by atoms with van der Waals surface area (Å²) in [6, 6.07) is 3.33. The van der Waals surface area contributed by atoms with E-state index < -0.39 is 119 Å². The largest absolute Gasteiger partial charge is 0.393 e. The lowest BCUT2D eigenvalue weighted by atomic mass is 9.82. The zero-order chi connectivity index (χ0) is 58.3. The van der Waals surface area contributed by atoms with Crippen molar-refractivity contribution in [2.75, 3.05) is 73.0 Å². The van der Waals surface area contributed by atoms with Crippen molar-refractivity contribution in [2.24, 2.45) is 23.7 Å².